The van der Waals surface area contributed by atoms with Crippen LogP contribution in [-0.2, 0) is 9.59 Å². The van der Waals surface area contributed by atoms with E-state index >= 15 is 0 Å². The van der Waals surface area contributed by atoms with E-state index in [2.05, 4.69) is 10.2 Å². The molecule has 0 spiro atoms. The van der Waals surface area contributed by atoms with Crippen LogP contribution < -0.4 is 5.32 Å². The molecule has 2 unspecified atom stereocenters. The minimum atomic E-state index is -0.415. The van der Waals surface area contributed by atoms with Crippen LogP contribution in [0.5, 0.6) is 0 Å². The van der Waals surface area contributed by atoms with Crippen LogP contribution in [0, 0.1) is 0 Å². The number of hydrogen-bond donors (Lipinski definition) is 2. The first-order valence-electron chi connectivity index (χ1n) is 8.25. The van der Waals surface area contributed by atoms with E-state index in [4.69, 9.17) is 0 Å². The minimum Gasteiger partial charge on any atom is -0.392 e. The Bertz CT molecular complexity index is 392. The van der Waals surface area contributed by atoms with Crippen molar-refractivity contribution in [3.8, 4) is 0 Å². The SMILES string of the molecule is CCN(CC)C(=O)CN1CCN(C(=O)C2CC(O)CN2)CC1. The first kappa shape index (κ1) is 17.2. The Balaban J connectivity index is 1.76. The van der Waals surface area contributed by atoms with Crippen LogP contribution in [0.3, 0.4) is 0 Å². The predicted molar refractivity (Wildman–Crippen MR) is 83.4 cm³/mol. The van der Waals surface area contributed by atoms with E-state index in [1.807, 2.05) is 23.6 Å². The van der Waals surface area contributed by atoms with Crippen LogP contribution in [-0.4, -0.2) is 96.1 Å². The summed E-state index contributed by atoms with van der Waals surface area (Å²) in [5, 5.41) is 12.6. The smallest absolute Gasteiger partial charge is 0.239 e. The number of nitrogens with zero attached hydrogens (tertiary/aromatic N) is 3. The second-order valence-corrected chi connectivity index (χ2v) is 6.02. The summed E-state index contributed by atoms with van der Waals surface area (Å²) in [6.07, 6.45) is 0.0846. The summed E-state index contributed by atoms with van der Waals surface area (Å²) in [6, 6.07) is -0.251. The molecule has 2 atom stereocenters. The van der Waals surface area contributed by atoms with Gasteiger partial charge in [0.05, 0.1) is 18.7 Å². The number of carbonyl (C=O) groups excluding carboxylic acids is 2. The summed E-state index contributed by atoms with van der Waals surface area (Å²) >= 11 is 0. The van der Waals surface area contributed by atoms with Crippen LogP contribution in [0.25, 0.3) is 0 Å². The van der Waals surface area contributed by atoms with Gasteiger partial charge in [-0.3, -0.25) is 14.5 Å². The van der Waals surface area contributed by atoms with E-state index in [-0.39, 0.29) is 17.9 Å². The zero-order valence-electron chi connectivity index (χ0n) is 13.6. The summed E-state index contributed by atoms with van der Waals surface area (Å²) < 4.78 is 0. The molecule has 0 aliphatic carbocycles. The molecule has 2 heterocycles. The van der Waals surface area contributed by atoms with Gasteiger partial charge in [0.15, 0.2) is 0 Å². The highest BCUT2D eigenvalue weighted by Gasteiger charge is 2.33. The lowest BCUT2D eigenvalue weighted by molar-refractivity contribution is -0.136. The van der Waals surface area contributed by atoms with Crippen molar-refractivity contribution in [1.82, 2.24) is 20.0 Å². The summed E-state index contributed by atoms with van der Waals surface area (Å²) in [4.78, 5) is 30.2. The van der Waals surface area contributed by atoms with E-state index in [1.165, 1.54) is 0 Å². The molecule has 22 heavy (non-hydrogen) atoms. The summed E-state index contributed by atoms with van der Waals surface area (Å²) in [5.74, 6) is 0.233. The quantitative estimate of drug-likeness (QED) is 0.661. The number of piperazine rings is 1. The zero-order valence-corrected chi connectivity index (χ0v) is 13.6. The molecule has 2 fully saturated rings. The molecule has 2 saturated heterocycles. The van der Waals surface area contributed by atoms with Gasteiger partial charge in [-0.1, -0.05) is 0 Å². The Kier molecular flexibility index (Phi) is 6.16. The molecule has 0 radical (unpaired) electrons. The Morgan fingerprint density at radius 3 is 2.32 bits per heavy atom. The zero-order chi connectivity index (χ0) is 16.1. The molecule has 7 nitrogen and oxygen atoms in total. The van der Waals surface area contributed by atoms with Gasteiger partial charge < -0.3 is 20.2 Å². The molecule has 2 N–H and O–H groups in total. The van der Waals surface area contributed by atoms with Crippen molar-refractivity contribution in [3.63, 3.8) is 0 Å². The third-order valence-electron chi connectivity index (χ3n) is 4.56. The van der Waals surface area contributed by atoms with Crippen molar-refractivity contribution < 1.29 is 14.7 Å². The first-order valence-corrected chi connectivity index (χ1v) is 8.25. The molecule has 0 aromatic rings. The molecule has 0 saturated carbocycles. The fourth-order valence-electron chi connectivity index (χ4n) is 3.12. The van der Waals surface area contributed by atoms with Crippen molar-refractivity contribution in [1.29, 1.82) is 0 Å². The Labute approximate surface area is 132 Å². The predicted octanol–water partition coefficient (Wildman–Crippen LogP) is -1.28. The summed E-state index contributed by atoms with van der Waals surface area (Å²) in [5.41, 5.74) is 0. The first-order chi connectivity index (χ1) is 10.5. The molecule has 2 rings (SSSR count). The van der Waals surface area contributed by atoms with Gasteiger partial charge in [-0.05, 0) is 20.3 Å². The Morgan fingerprint density at radius 2 is 1.82 bits per heavy atom. The fourth-order valence-corrected chi connectivity index (χ4v) is 3.12. The fraction of sp³-hybridized carbons (Fsp3) is 0.867. The van der Waals surface area contributed by atoms with E-state index in [9.17, 15) is 14.7 Å². The number of carbonyl (C=O) groups is 2. The molecule has 2 aliphatic rings. The van der Waals surface area contributed by atoms with Gasteiger partial charge in [0.2, 0.25) is 11.8 Å². The Hall–Kier alpha value is -1.18. The van der Waals surface area contributed by atoms with Gasteiger partial charge in [0.25, 0.3) is 0 Å². The topological polar surface area (TPSA) is 76.1 Å². The summed E-state index contributed by atoms with van der Waals surface area (Å²) in [7, 11) is 0. The van der Waals surface area contributed by atoms with Crippen molar-refractivity contribution in [3.05, 3.63) is 0 Å². The number of aliphatic hydroxyl groups is 1. The number of amides is 2. The number of likely N-dealkylation sites (N-methyl/N-ethyl adjacent to an activating group) is 1. The van der Waals surface area contributed by atoms with Crippen LogP contribution >= 0.6 is 0 Å². The van der Waals surface area contributed by atoms with Crippen LogP contribution in [0.2, 0.25) is 0 Å². The van der Waals surface area contributed by atoms with Crippen LogP contribution in [0.15, 0.2) is 0 Å². The summed E-state index contributed by atoms with van der Waals surface area (Å²) in [6.45, 7) is 9.15. The highest BCUT2D eigenvalue weighted by molar-refractivity contribution is 5.82. The van der Waals surface area contributed by atoms with Gasteiger partial charge in [0, 0.05) is 45.8 Å². The molecular weight excluding hydrogens is 284 g/mol. The molecule has 7 heteroatoms. The largest absolute Gasteiger partial charge is 0.392 e. The van der Waals surface area contributed by atoms with Gasteiger partial charge >= 0.3 is 0 Å². The molecule has 2 amide bonds. The normalized spacial score (nSPS) is 26.2. The molecule has 0 bridgehead atoms. The van der Waals surface area contributed by atoms with Crippen molar-refractivity contribution in [2.45, 2.75) is 32.4 Å². The molecule has 0 aromatic carbocycles. The van der Waals surface area contributed by atoms with Crippen LogP contribution in [0.1, 0.15) is 20.3 Å². The van der Waals surface area contributed by atoms with E-state index in [0.717, 1.165) is 26.2 Å². The van der Waals surface area contributed by atoms with E-state index < -0.39 is 6.10 Å². The van der Waals surface area contributed by atoms with Gasteiger partial charge in [-0.25, -0.2) is 0 Å². The maximum atomic E-state index is 12.3. The van der Waals surface area contributed by atoms with Crippen molar-refractivity contribution in [2.24, 2.45) is 0 Å². The lowest BCUT2D eigenvalue weighted by atomic mass is 10.1. The van der Waals surface area contributed by atoms with Gasteiger partial charge in [-0.2, -0.15) is 0 Å². The van der Waals surface area contributed by atoms with Gasteiger partial charge in [-0.15, -0.1) is 0 Å². The third kappa shape index (κ3) is 4.18. The molecule has 126 valence electrons. The monoisotopic (exact) mass is 312 g/mol. The highest BCUT2D eigenvalue weighted by atomic mass is 16.3. The lowest BCUT2D eigenvalue weighted by Gasteiger charge is -2.36. The Morgan fingerprint density at radius 1 is 1.18 bits per heavy atom. The number of aliphatic hydroxyl groups excluding tert-OH is 1. The average molecular weight is 312 g/mol. The number of nitrogens with one attached hydrogen (secondary N) is 1. The van der Waals surface area contributed by atoms with Crippen LogP contribution in [0.4, 0.5) is 0 Å². The maximum Gasteiger partial charge on any atom is 0.239 e. The highest BCUT2D eigenvalue weighted by Crippen LogP contribution is 2.12. The van der Waals surface area contributed by atoms with E-state index in [1.54, 1.807) is 0 Å². The number of rotatable bonds is 5. The third-order valence-corrected chi connectivity index (χ3v) is 4.56. The van der Waals surface area contributed by atoms with Crippen molar-refractivity contribution in [2.75, 3.05) is 52.4 Å². The average Bonchev–Trinajstić information content (AvgIpc) is 2.95. The van der Waals surface area contributed by atoms with E-state index in [0.29, 0.717) is 32.6 Å². The number of β-amino-alcohol motifs (C(OH)–C–C–N with tert-alkyl or cyclic N) is 1. The molecular formula is C15H28N4O3. The van der Waals surface area contributed by atoms with Gasteiger partial charge in [0.1, 0.15) is 0 Å². The maximum absolute atomic E-state index is 12.3. The lowest BCUT2D eigenvalue weighted by Crippen LogP contribution is -2.54. The number of hydrogen-bond acceptors (Lipinski definition) is 5. The standard InChI is InChI=1S/C15H28N4O3/c1-3-18(4-2)14(21)11-17-5-7-19(8-6-17)15(22)13-9-12(20)10-16-13/h12-13,16,20H,3-11H2,1-2H3. The second-order valence-electron chi connectivity index (χ2n) is 6.02. The second kappa shape index (κ2) is 7.89. The molecule has 0 aromatic heterocycles. The minimum absolute atomic E-state index is 0.0752. The van der Waals surface area contributed by atoms with Crippen molar-refractivity contribution >= 4 is 11.8 Å². The molecule has 2 aliphatic heterocycles.